The highest BCUT2D eigenvalue weighted by Gasteiger charge is 2.13. The average molecular weight is 266 g/mol. The Morgan fingerprint density at radius 2 is 1.88 bits per heavy atom. The molecule has 90 valence electrons. The van der Waals surface area contributed by atoms with E-state index >= 15 is 0 Å². The molecule has 1 aromatic carbocycles. The molecule has 0 radical (unpaired) electrons. The van der Waals surface area contributed by atoms with E-state index in [0.29, 0.717) is 0 Å². The Labute approximate surface area is 95.8 Å². The lowest BCUT2D eigenvalue weighted by molar-refractivity contribution is 0.323. The molecule has 6 nitrogen and oxygen atoms in total. The molecule has 16 heavy (non-hydrogen) atoms. The molecular weight excluding hydrogens is 256 g/mol. The van der Waals surface area contributed by atoms with Crippen molar-refractivity contribution in [3.05, 3.63) is 30.3 Å². The van der Waals surface area contributed by atoms with Gasteiger partial charge in [0.1, 0.15) is 11.5 Å². The van der Waals surface area contributed by atoms with Crippen LogP contribution in [0.1, 0.15) is 0 Å². The Bertz CT molecular complexity index is 441. The number of hydrogen-bond donors (Lipinski definition) is 1. The summed E-state index contributed by atoms with van der Waals surface area (Å²) in [6.07, 6.45) is 0. The van der Waals surface area contributed by atoms with Gasteiger partial charge in [0.05, 0.1) is 6.61 Å². The number of hydrogen-bond acceptors (Lipinski definition) is 5. The minimum absolute atomic E-state index is 0.188. The number of benzene rings is 1. The second kappa shape index (κ2) is 5.94. The van der Waals surface area contributed by atoms with Gasteiger partial charge in [-0.15, -0.1) is 0 Å². The SMILES string of the molecule is O=S(O)OCCS(=O)(=O)Oc1ccccc1. The Balaban J connectivity index is 2.49. The van der Waals surface area contributed by atoms with Crippen LogP contribution >= 0.6 is 0 Å². The molecule has 0 amide bonds. The third-order valence-electron chi connectivity index (χ3n) is 1.48. The van der Waals surface area contributed by atoms with Crippen molar-refractivity contribution >= 4 is 21.5 Å². The van der Waals surface area contributed by atoms with E-state index in [0.717, 1.165) is 0 Å². The molecular formula is C8H10O6S2. The second-order valence-electron chi connectivity index (χ2n) is 2.70. The zero-order valence-corrected chi connectivity index (χ0v) is 9.74. The maximum Gasteiger partial charge on any atom is 0.311 e. The fourth-order valence-corrected chi connectivity index (χ4v) is 1.98. The van der Waals surface area contributed by atoms with Gasteiger partial charge >= 0.3 is 21.5 Å². The summed E-state index contributed by atoms with van der Waals surface area (Å²) in [5.74, 6) is -0.304. The van der Waals surface area contributed by atoms with Crippen molar-refractivity contribution in [3.8, 4) is 5.75 Å². The van der Waals surface area contributed by atoms with Crippen LogP contribution < -0.4 is 4.18 Å². The zero-order valence-electron chi connectivity index (χ0n) is 8.11. The lowest BCUT2D eigenvalue weighted by atomic mass is 10.3. The zero-order chi connectivity index (χ0) is 12.0. The lowest BCUT2D eigenvalue weighted by Gasteiger charge is -2.05. The Morgan fingerprint density at radius 3 is 2.44 bits per heavy atom. The van der Waals surface area contributed by atoms with Crippen molar-refractivity contribution in [1.82, 2.24) is 0 Å². The van der Waals surface area contributed by atoms with E-state index in [1.807, 2.05) is 0 Å². The van der Waals surface area contributed by atoms with E-state index in [1.165, 1.54) is 12.1 Å². The summed E-state index contributed by atoms with van der Waals surface area (Å²) in [5, 5.41) is 0. The highest BCUT2D eigenvalue weighted by Crippen LogP contribution is 2.11. The molecule has 1 aromatic rings. The van der Waals surface area contributed by atoms with Gasteiger partial charge < -0.3 is 4.18 Å². The van der Waals surface area contributed by atoms with E-state index in [4.69, 9.17) is 8.74 Å². The summed E-state index contributed by atoms with van der Waals surface area (Å²) in [6, 6.07) is 7.96. The minimum atomic E-state index is -3.80. The molecule has 0 heterocycles. The van der Waals surface area contributed by atoms with Crippen LogP contribution in [0.25, 0.3) is 0 Å². The van der Waals surface area contributed by atoms with Gasteiger partial charge in [0, 0.05) is 0 Å². The smallest absolute Gasteiger partial charge is 0.311 e. The normalized spacial score (nSPS) is 13.3. The molecule has 1 atom stereocenters. The van der Waals surface area contributed by atoms with Gasteiger partial charge in [0.25, 0.3) is 0 Å². The molecule has 1 N–H and O–H groups in total. The summed E-state index contributed by atoms with van der Waals surface area (Å²) < 4.78 is 49.8. The third-order valence-corrected chi connectivity index (χ3v) is 2.97. The number of para-hydroxylation sites is 1. The van der Waals surface area contributed by atoms with Crippen LogP contribution in [0, 0.1) is 0 Å². The van der Waals surface area contributed by atoms with Gasteiger partial charge in [0.2, 0.25) is 0 Å². The quantitative estimate of drug-likeness (QED) is 0.597. The topological polar surface area (TPSA) is 89.9 Å². The molecule has 0 saturated carbocycles. The first-order chi connectivity index (χ1) is 7.49. The van der Waals surface area contributed by atoms with Crippen LogP contribution in [0.4, 0.5) is 0 Å². The lowest BCUT2D eigenvalue weighted by Crippen LogP contribution is -2.18. The molecule has 0 aliphatic heterocycles. The predicted octanol–water partition coefficient (Wildman–Crippen LogP) is 0.548. The summed E-state index contributed by atoms with van der Waals surface area (Å²) >= 11 is -2.47. The second-order valence-corrected chi connectivity index (χ2v) is 5.06. The van der Waals surface area contributed by atoms with Crippen LogP contribution in [0.3, 0.4) is 0 Å². The van der Waals surface area contributed by atoms with E-state index in [2.05, 4.69) is 4.18 Å². The van der Waals surface area contributed by atoms with Crippen LogP contribution in [0.15, 0.2) is 30.3 Å². The highest BCUT2D eigenvalue weighted by atomic mass is 32.2. The van der Waals surface area contributed by atoms with Crippen LogP contribution in [-0.2, 0) is 25.7 Å². The van der Waals surface area contributed by atoms with E-state index in [1.54, 1.807) is 18.2 Å². The average Bonchev–Trinajstić information content (AvgIpc) is 2.17. The molecule has 8 heteroatoms. The maximum atomic E-state index is 11.3. The maximum absolute atomic E-state index is 11.3. The summed E-state index contributed by atoms with van der Waals surface area (Å²) in [4.78, 5) is 0. The molecule has 0 aliphatic carbocycles. The summed E-state index contributed by atoms with van der Waals surface area (Å²) in [6.45, 7) is -0.404. The molecule has 0 aliphatic rings. The van der Waals surface area contributed by atoms with Crippen LogP contribution in [0.5, 0.6) is 5.75 Å². The number of rotatable bonds is 6. The molecule has 0 bridgehead atoms. The first-order valence-corrected chi connectivity index (χ1v) is 6.82. The summed E-state index contributed by atoms with van der Waals surface area (Å²) in [5.41, 5.74) is 0. The van der Waals surface area contributed by atoms with Crippen LogP contribution in [-0.4, -0.2) is 29.5 Å². The van der Waals surface area contributed by atoms with Gasteiger partial charge in [-0.25, -0.2) is 0 Å². The van der Waals surface area contributed by atoms with Crippen LogP contribution in [0.2, 0.25) is 0 Å². The van der Waals surface area contributed by atoms with E-state index in [-0.39, 0.29) is 5.75 Å². The van der Waals surface area contributed by atoms with Crippen molar-refractivity contribution < 1.29 is 25.5 Å². The standard InChI is InChI=1S/C8H10O6S2/c9-15(10)13-6-7-16(11,12)14-8-4-2-1-3-5-8/h1-5H,6-7H2,(H,9,10). The molecule has 0 fully saturated rings. The Morgan fingerprint density at radius 1 is 1.25 bits per heavy atom. The van der Waals surface area contributed by atoms with Gasteiger partial charge in [-0.3, -0.25) is 8.74 Å². The highest BCUT2D eigenvalue weighted by molar-refractivity contribution is 7.87. The van der Waals surface area contributed by atoms with Gasteiger partial charge in [0.15, 0.2) is 0 Å². The van der Waals surface area contributed by atoms with Gasteiger partial charge in [-0.05, 0) is 12.1 Å². The third kappa shape index (κ3) is 5.21. The first kappa shape index (κ1) is 13.1. The monoisotopic (exact) mass is 266 g/mol. The molecule has 0 spiro atoms. The molecule has 0 saturated heterocycles. The fourth-order valence-electron chi connectivity index (χ4n) is 0.872. The molecule has 0 aromatic heterocycles. The van der Waals surface area contributed by atoms with Crippen molar-refractivity contribution in [2.45, 2.75) is 0 Å². The summed E-state index contributed by atoms with van der Waals surface area (Å²) in [7, 11) is -3.80. The Hall–Kier alpha value is -0.960. The first-order valence-electron chi connectivity index (χ1n) is 4.21. The van der Waals surface area contributed by atoms with Gasteiger partial charge in [-0.1, -0.05) is 18.2 Å². The minimum Gasteiger partial charge on any atom is -0.382 e. The van der Waals surface area contributed by atoms with Crippen molar-refractivity contribution in [3.63, 3.8) is 0 Å². The van der Waals surface area contributed by atoms with Crippen molar-refractivity contribution in [2.75, 3.05) is 12.4 Å². The predicted molar refractivity (Wildman–Crippen MR) is 57.6 cm³/mol. The van der Waals surface area contributed by atoms with Gasteiger partial charge in [-0.2, -0.15) is 12.6 Å². The fraction of sp³-hybridized carbons (Fsp3) is 0.250. The van der Waals surface area contributed by atoms with Crippen molar-refractivity contribution in [1.29, 1.82) is 0 Å². The largest absolute Gasteiger partial charge is 0.382 e. The van der Waals surface area contributed by atoms with E-state index < -0.39 is 33.8 Å². The Kier molecular flexibility index (Phi) is 4.87. The molecule has 1 rings (SSSR count). The molecule has 1 unspecified atom stereocenters. The van der Waals surface area contributed by atoms with Crippen molar-refractivity contribution in [2.24, 2.45) is 0 Å². The van der Waals surface area contributed by atoms with E-state index in [9.17, 15) is 12.6 Å².